The monoisotopic (exact) mass is 468 g/mol. The number of carbonyl (C=O) groups is 1. The standard InChI is InChI=1S/C23H18ClFN4O2S/c1-31-20-13-7-5-11-18(20)26-21(30)14-32-23-28-27-22(15-8-2-3-9-16(15)24)29(23)19-12-6-4-10-17(19)25/h2-13H,14H2,1H3,(H,26,30). The molecule has 0 spiro atoms. The minimum atomic E-state index is -0.444. The Morgan fingerprint density at radius 3 is 2.56 bits per heavy atom. The summed E-state index contributed by atoms with van der Waals surface area (Å²) in [6.45, 7) is 0. The minimum Gasteiger partial charge on any atom is -0.495 e. The van der Waals surface area contributed by atoms with Gasteiger partial charge in [-0.2, -0.15) is 0 Å². The van der Waals surface area contributed by atoms with Gasteiger partial charge in [0.25, 0.3) is 0 Å². The van der Waals surface area contributed by atoms with E-state index in [0.717, 1.165) is 11.8 Å². The van der Waals surface area contributed by atoms with Crippen LogP contribution in [0.4, 0.5) is 10.1 Å². The number of thioether (sulfide) groups is 1. The van der Waals surface area contributed by atoms with E-state index in [4.69, 9.17) is 16.3 Å². The number of amides is 1. The van der Waals surface area contributed by atoms with Gasteiger partial charge in [-0.05, 0) is 36.4 Å². The lowest BCUT2D eigenvalue weighted by Gasteiger charge is -2.12. The number of aromatic nitrogens is 3. The van der Waals surface area contributed by atoms with E-state index in [-0.39, 0.29) is 17.3 Å². The highest BCUT2D eigenvalue weighted by molar-refractivity contribution is 7.99. The molecule has 6 nitrogen and oxygen atoms in total. The number of rotatable bonds is 7. The first-order chi connectivity index (χ1) is 15.6. The fraction of sp³-hybridized carbons (Fsp3) is 0.0870. The molecule has 1 N–H and O–H groups in total. The quantitative estimate of drug-likeness (QED) is 0.364. The lowest BCUT2D eigenvalue weighted by molar-refractivity contribution is -0.113. The Kier molecular flexibility index (Phi) is 6.72. The number of hydrogen-bond acceptors (Lipinski definition) is 5. The van der Waals surface area contributed by atoms with Crippen LogP contribution in [0.1, 0.15) is 0 Å². The smallest absolute Gasteiger partial charge is 0.234 e. The lowest BCUT2D eigenvalue weighted by Crippen LogP contribution is -2.15. The van der Waals surface area contributed by atoms with Gasteiger partial charge in [0.1, 0.15) is 11.6 Å². The summed E-state index contributed by atoms with van der Waals surface area (Å²) in [6, 6.07) is 20.6. The van der Waals surface area contributed by atoms with Crippen molar-refractivity contribution in [2.24, 2.45) is 0 Å². The summed E-state index contributed by atoms with van der Waals surface area (Å²) in [5, 5.41) is 12.1. The first-order valence-electron chi connectivity index (χ1n) is 9.59. The van der Waals surface area contributed by atoms with Crippen molar-refractivity contribution in [2.45, 2.75) is 5.16 Å². The van der Waals surface area contributed by atoms with Crippen LogP contribution in [-0.4, -0.2) is 33.5 Å². The van der Waals surface area contributed by atoms with E-state index in [9.17, 15) is 9.18 Å². The van der Waals surface area contributed by atoms with Gasteiger partial charge in [-0.15, -0.1) is 10.2 Å². The number of ether oxygens (including phenoxy) is 1. The predicted molar refractivity (Wildman–Crippen MR) is 124 cm³/mol. The van der Waals surface area contributed by atoms with Crippen molar-refractivity contribution >= 4 is 35.0 Å². The summed E-state index contributed by atoms with van der Waals surface area (Å²) < 4.78 is 21.5. The van der Waals surface area contributed by atoms with Gasteiger partial charge in [0.2, 0.25) is 5.91 Å². The molecule has 0 aliphatic rings. The highest BCUT2D eigenvalue weighted by Crippen LogP contribution is 2.33. The van der Waals surface area contributed by atoms with Gasteiger partial charge >= 0.3 is 0 Å². The molecular formula is C23H18ClFN4O2S. The third-order valence-electron chi connectivity index (χ3n) is 4.55. The van der Waals surface area contributed by atoms with E-state index in [0.29, 0.717) is 33.0 Å². The van der Waals surface area contributed by atoms with E-state index in [2.05, 4.69) is 15.5 Å². The van der Waals surface area contributed by atoms with Crippen LogP contribution in [0.2, 0.25) is 5.02 Å². The zero-order valence-corrected chi connectivity index (χ0v) is 18.5. The molecule has 0 radical (unpaired) electrons. The maximum absolute atomic E-state index is 14.7. The molecule has 0 saturated heterocycles. The topological polar surface area (TPSA) is 69.0 Å². The Balaban J connectivity index is 1.64. The normalized spacial score (nSPS) is 10.7. The van der Waals surface area contributed by atoms with E-state index >= 15 is 0 Å². The van der Waals surface area contributed by atoms with E-state index in [1.165, 1.54) is 13.2 Å². The van der Waals surface area contributed by atoms with Gasteiger partial charge in [-0.3, -0.25) is 9.36 Å². The summed E-state index contributed by atoms with van der Waals surface area (Å²) in [5.74, 6) is 0.269. The molecule has 3 aromatic carbocycles. The van der Waals surface area contributed by atoms with Gasteiger partial charge in [0.15, 0.2) is 11.0 Å². The molecule has 0 aliphatic carbocycles. The first kappa shape index (κ1) is 21.9. The van der Waals surface area contributed by atoms with Crippen LogP contribution in [0.25, 0.3) is 17.1 Å². The average molecular weight is 469 g/mol. The number of benzene rings is 3. The Morgan fingerprint density at radius 2 is 1.78 bits per heavy atom. The van der Waals surface area contributed by atoms with Gasteiger partial charge in [-0.1, -0.05) is 59.8 Å². The molecule has 9 heteroatoms. The molecule has 0 bridgehead atoms. The van der Waals surface area contributed by atoms with E-state index < -0.39 is 5.82 Å². The average Bonchev–Trinajstić information content (AvgIpc) is 3.22. The summed E-state index contributed by atoms with van der Waals surface area (Å²) >= 11 is 7.50. The van der Waals surface area contributed by atoms with Crippen molar-refractivity contribution in [2.75, 3.05) is 18.2 Å². The molecule has 162 valence electrons. The van der Waals surface area contributed by atoms with Gasteiger partial charge in [-0.25, -0.2) is 4.39 Å². The largest absolute Gasteiger partial charge is 0.495 e. The Hall–Kier alpha value is -3.36. The van der Waals surface area contributed by atoms with Crippen LogP contribution in [0.3, 0.4) is 0 Å². The molecule has 0 aliphatic heterocycles. The maximum atomic E-state index is 14.7. The number of anilines is 1. The molecule has 1 heterocycles. The SMILES string of the molecule is COc1ccccc1NC(=O)CSc1nnc(-c2ccccc2Cl)n1-c1ccccc1F. The molecule has 0 atom stereocenters. The summed E-state index contributed by atoms with van der Waals surface area (Å²) in [5.41, 5.74) is 1.43. The third-order valence-corrected chi connectivity index (χ3v) is 5.81. The van der Waals surface area contributed by atoms with Crippen molar-refractivity contribution in [3.63, 3.8) is 0 Å². The minimum absolute atomic E-state index is 0.0349. The number of para-hydroxylation sites is 3. The summed E-state index contributed by atoms with van der Waals surface area (Å²) in [7, 11) is 1.53. The molecule has 4 aromatic rings. The molecule has 0 unspecified atom stereocenters. The molecule has 32 heavy (non-hydrogen) atoms. The second kappa shape index (κ2) is 9.84. The van der Waals surface area contributed by atoms with Crippen molar-refractivity contribution < 1.29 is 13.9 Å². The molecular weight excluding hydrogens is 451 g/mol. The number of hydrogen-bond donors (Lipinski definition) is 1. The highest BCUT2D eigenvalue weighted by atomic mass is 35.5. The molecule has 0 saturated carbocycles. The predicted octanol–water partition coefficient (Wildman–Crippen LogP) is 5.47. The second-order valence-corrected chi connectivity index (χ2v) is 7.96. The van der Waals surface area contributed by atoms with Crippen molar-refractivity contribution in [3.8, 4) is 22.8 Å². The van der Waals surface area contributed by atoms with Crippen LogP contribution < -0.4 is 10.1 Å². The molecule has 4 rings (SSSR count). The Bertz CT molecular complexity index is 1260. The molecule has 1 aromatic heterocycles. The Labute approximate surface area is 193 Å². The fourth-order valence-electron chi connectivity index (χ4n) is 3.09. The van der Waals surface area contributed by atoms with Gasteiger partial charge < -0.3 is 10.1 Å². The van der Waals surface area contributed by atoms with Crippen LogP contribution in [0.5, 0.6) is 5.75 Å². The first-order valence-corrected chi connectivity index (χ1v) is 11.0. The zero-order valence-electron chi connectivity index (χ0n) is 17.0. The highest BCUT2D eigenvalue weighted by Gasteiger charge is 2.21. The number of carbonyl (C=O) groups excluding carboxylic acids is 1. The number of halogens is 2. The second-order valence-electron chi connectivity index (χ2n) is 6.61. The molecule has 0 fully saturated rings. The van der Waals surface area contributed by atoms with Crippen LogP contribution in [0, 0.1) is 5.82 Å². The van der Waals surface area contributed by atoms with Crippen LogP contribution >= 0.6 is 23.4 Å². The zero-order chi connectivity index (χ0) is 22.5. The fourth-order valence-corrected chi connectivity index (χ4v) is 4.06. The summed E-state index contributed by atoms with van der Waals surface area (Å²) in [4.78, 5) is 12.6. The van der Waals surface area contributed by atoms with Crippen molar-refractivity contribution in [1.29, 1.82) is 0 Å². The Morgan fingerprint density at radius 1 is 1.06 bits per heavy atom. The van der Waals surface area contributed by atoms with Gasteiger partial charge in [0, 0.05) is 5.56 Å². The van der Waals surface area contributed by atoms with Crippen LogP contribution in [-0.2, 0) is 4.79 Å². The van der Waals surface area contributed by atoms with Gasteiger partial charge in [0.05, 0.1) is 29.3 Å². The van der Waals surface area contributed by atoms with Crippen molar-refractivity contribution in [3.05, 3.63) is 83.6 Å². The van der Waals surface area contributed by atoms with Crippen LogP contribution in [0.15, 0.2) is 78.0 Å². The van der Waals surface area contributed by atoms with E-state index in [1.54, 1.807) is 59.2 Å². The lowest BCUT2D eigenvalue weighted by atomic mass is 10.2. The maximum Gasteiger partial charge on any atom is 0.234 e. The summed E-state index contributed by atoms with van der Waals surface area (Å²) in [6.07, 6.45) is 0. The van der Waals surface area contributed by atoms with E-state index in [1.807, 2.05) is 12.1 Å². The third kappa shape index (κ3) is 4.61. The number of nitrogens with one attached hydrogen (secondary N) is 1. The number of methoxy groups -OCH3 is 1. The van der Waals surface area contributed by atoms with Crippen molar-refractivity contribution in [1.82, 2.24) is 14.8 Å². The molecule has 1 amide bonds. The number of nitrogens with zero attached hydrogens (tertiary/aromatic N) is 3.